The summed E-state index contributed by atoms with van der Waals surface area (Å²) in [6, 6.07) is -5.33. The lowest BCUT2D eigenvalue weighted by Crippen LogP contribution is -2.62. The number of nitrogens with zero attached hydrogens (tertiary/aromatic N) is 2. The van der Waals surface area contributed by atoms with Gasteiger partial charge in [-0.2, -0.15) is 0 Å². The van der Waals surface area contributed by atoms with Gasteiger partial charge in [0.2, 0.25) is 29.5 Å². The van der Waals surface area contributed by atoms with E-state index < -0.39 is 66.5 Å². The van der Waals surface area contributed by atoms with Crippen LogP contribution in [0.4, 0.5) is 0 Å². The van der Waals surface area contributed by atoms with Gasteiger partial charge in [-0.3, -0.25) is 28.9 Å². The van der Waals surface area contributed by atoms with Crippen LogP contribution >= 0.6 is 0 Å². The molecule has 13 nitrogen and oxygen atoms in total. The lowest BCUT2D eigenvalue weighted by molar-refractivity contribution is -0.144. The molecule has 1 aliphatic carbocycles. The summed E-state index contributed by atoms with van der Waals surface area (Å²) >= 11 is 0. The maximum atomic E-state index is 14.0. The SMILES string of the molecule is CCC#CCCN1CCNC(=O)[C@H]([C@H](C)O)NC(=O)[C@H](CO)NC(=O)[C@H](C2CCCCC2)NC(=O)[C@H](CC(C)C)N(C)C(=O)[C@@H]1C. The molecule has 0 bridgehead atoms. The van der Waals surface area contributed by atoms with E-state index in [0.717, 1.165) is 19.3 Å². The minimum absolute atomic E-state index is 0.0566. The van der Waals surface area contributed by atoms with Crippen molar-refractivity contribution < 1.29 is 34.2 Å². The van der Waals surface area contributed by atoms with Gasteiger partial charge in [0.1, 0.15) is 24.2 Å². The van der Waals surface area contributed by atoms with Crippen molar-refractivity contribution in [2.45, 2.75) is 122 Å². The first-order valence-corrected chi connectivity index (χ1v) is 16.8. The van der Waals surface area contributed by atoms with Gasteiger partial charge in [-0.15, -0.1) is 11.8 Å². The predicted molar refractivity (Wildman–Crippen MR) is 174 cm³/mol. The summed E-state index contributed by atoms with van der Waals surface area (Å²) in [4.78, 5) is 71.2. The van der Waals surface area contributed by atoms with Crippen LogP contribution in [0.2, 0.25) is 0 Å². The standard InChI is InChI=1S/C33H56N6O7/c1-7-8-9-13-17-39-18-16-34-31(44)27(23(5)41)36-29(42)25(20-40)35-32(45)28(24-14-11-10-12-15-24)37-30(43)26(19-21(2)3)38(6)33(46)22(39)4/h21-28,40-41H,7,10-20H2,1-6H3,(H,34,44)(H,35,45)(H,36,42)(H,37,43)/t22-,23-,25-,26-,27-,28-/m0/s1. The Hall–Kier alpha value is -3.21. The largest absolute Gasteiger partial charge is 0.394 e. The quantitative estimate of drug-likeness (QED) is 0.207. The Morgan fingerprint density at radius 1 is 0.913 bits per heavy atom. The summed E-state index contributed by atoms with van der Waals surface area (Å²) in [5.74, 6) is 3.06. The monoisotopic (exact) mass is 648 g/mol. The third-order valence-electron chi connectivity index (χ3n) is 8.82. The Labute approximate surface area is 274 Å². The van der Waals surface area contributed by atoms with Crippen molar-refractivity contribution in [2.75, 3.05) is 33.3 Å². The van der Waals surface area contributed by atoms with Crippen LogP contribution in [-0.4, -0.2) is 119 Å². The highest BCUT2D eigenvalue weighted by atomic mass is 16.3. The number of aliphatic hydroxyl groups excluding tert-OH is 2. The fraction of sp³-hybridized carbons (Fsp3) is 0.788. The molecule has 1 saturated carbocycles. The maximum Gasteiger partial charge on any atom is 0.245 e. The molecule has 0 unspecified atom stereocenters. The molecule has 0 spiro atoms. The second-order valence-electron chi connectivity index (χ2n) is 12.9. The minimum atomic E-state index is -1.43. The van der Waals surface area contributed by atoms with Crippen LogP contribution in [0.15, 0.2) is 0 Å². The third kappa shape index (κ3) is 11.5. The highest BCUT2D eigenvalue weighted by Gasteiger charge is 2.38. The highest BCUT2D eigenvalue weighted by Crippen LogP contribution is 2.27. The van der Waals surface area contributed by atoms with E-state index in [2.05, 4.69) is 33.1 Å². The molecular weight excluding hydrogens is 592 g/mol. The van der Waals surface area contributed by atoms with Crippen LogP contribution < -0.4 is 21.3 Å². The fourth-order valence-corrected chi connectivity index (χ4v) is 6.07. The Morgan fingerprint density at radius 3 is 2.17 bits per heavy atom. The predicted octanol–water partition coefficient (Wildman–Crippen LogP) is -0.109. The van der Waals surface area contributed by atoms with Crippen molar-refractivity contribution in [3.63, 3.8) is 0 Å². The molecule has 1 saturated heterocycles. The second kappa shape index (κ2) is 19.5. The van der Waals surface area contributed by atoms with E-state index >= 15 is 0 Å². The highest BCUT2D eigenvalue weighted by molar-refractivity contribution is 5.96. The molecule has 0 aromatic carbocycles. The van der Waals surface area contributed by atoms with Gasteiger partial charge in [0.15, 0.2) is 0 Å². The first-order valence-electron chi connectivity index (χ1n) is 16.8. The Morgan fingerprint density at radius 2 is 1.59 bits per heavy atom. The van der Waals surface area contributed by atoms with Crippen molar-refractivity contribution >= 4 is 29.5 Å². The molecule has 260 valence electrons. The molecule has 1 heterocycles. The molecule has 0 radical (unpaired) electrons. The average molecular weight is 649 g/mol. The summed E-state index contributed by atoms with van der Waals surface area (Å²) in [5.41, 5.74) is 0. The number of aliphatic hydroxyl groups is 2. The van der Waals surface area contributed by atoms with Gasteiger partial charge in [0, 0.05) is 39.5 Å². The summed E-state index contributed by atoms with van der Waals surface area (Å²) in [6.45, 7) is 8.99. The van der Waals surface area contributed by atoms with Gasteiger partial charge in [-0.1, -0.05) is 40.0 Å². The van der Waals surface area contributed by atoms with E-state index in [9.17, 15) is 34.2 Å². The van der Waals surface area contributed by atoms with Crippen LogP contribution in [-0.2, 0) is 24.0 Å². The number of carbonyl (C=O) groups is 5. The van der Waals surface area contributed by atoms with Crippen molar-refractivity contribution in [3.05, 3.63) is 0 Å². The molecule has 2 fully saturated rings. The average Bonchev–Trinajstić information content (AvgIpc) is 3.03. The van der Waals surface area contributed by atoms with Crippen LogP contribution in [0, 0.1) is 23.7 Å². The van der Waals surface area contributed by atoms with Gasteiger partial charge >= 0.3 is 0 Å². The van der Waals surface area contributed by atoms with Gasteiger partial charge in [-0.05, 0) is 44.9 Å². The number of likely N-dealkylation sites (N-methyl/N-ethyl adjacent to an activating group) is 1. The first-order chi connectivity index (χ1) is 21.8. The number of rotatable bonds is 7. The number of hydrogen-bond donors (Lipinski definition) is 6. The Bertz CT molecular complexity index is 1100. The smallest absolute Gasteiger partial charge is 0.245 e. The van der Waals surface area contributed by atoms with E-state index in [1.54, 1.807) is 14.0 Å². The van der Waals surface area contributed by atoms with Crippen LogP contribution in [0.25, 0.3) is 0 Å². The number of amides is 5. The fourth-order valence-electron chi connectivity index (χ4n) is 6.07. The molecule has 0 aromatic rings. The zero-order valence-corrected chi connectivity index (χ0v) is 28.4. The molecule has 5 amide bonds. The van der Waals surface area contributed by atoms with E-state index in [0.29, 0.717) is 38.6 Å². The van der Waals surface area contributed by atoms with E-state index in [4.69, 9.17) is 0 Å². The van der Waals surface area contributed by atoms with Crippen molar-refractivity contribution in [1.82, 2.24) is 31.1 Å². The zero-order chi connectivity index (χ0) is 34.4. The molecule has 46 heavy (non-hydrogen) atoms. The Kier molecular flexibility index (Phi) is 16.5. The van der Waals surface area contributed by atoms with E-state index in [1.807, 2.05) is 25.7 Å². The molecule has 1 aliphatic heterocycles. The Balaban J connectivity index is 2.54. The maximum absolute atomic E-state index is 14.0. The molecule has 6 atom stereocenters. The zero-order valence-electron chi connectivity index (χ0n) is 28.4. The lowest BCUT2D eigenvalue weighted by Gasteiger charge is -2.37. The molecule has 2 rings (SSSR count). The topological polar surface area (TPSA) is 180 Å². The van der Waals surface area contributed by atoms with Gasteiger partial charge in [0.05, 0.1) is 18.8 Å². The van der Waals surface area contributed by atoms with E-state index in [-0.39, 0.29) is 30.8 Å². The lowest BCUT2D eigenvalue weighted by atomic mass is 9.83. The van der Waals surface area contributed by atoms with Gasteiger partial charge in [-0.25, -0.2) is 0 Å². The van der Waals surface area contributed by atoms with Crippen molar-refractivity contribution in [1.29, 1.82) is 0 Å². The van der Waals surface area contributed by atoms with Crippen LogP contribution in [0.3, 0.4) is 0 Å². The molecule has 0 aromatic heterocycles. The third-order valence-corrected chi connectivity index (χ3v) is 8.82. The van der Waals surface area contributed by atoms with Gasteiger partial charge < -0.3 is 36.4 Å². The van der Waals surface area contributed by atoms with Gasteiger partial charge in [0.25, 0.3) is 0 Å². The molecule has 13 heteroatoms. The van der Waals surface area contributed by atoms with E-state index in [1.165, 1.54) is 11.8 Å². The number of nitrogens with one attached hydrogen (secondary N) is 4. The first kappa shape index (κ1) is 39.0. The second-order valence-corrected chi connectivity index (χ2v) is 12.9. The van der Waals surface area contributed by atoms with Crippen LogP contribution in [0.1, 0.15) is 86.0 Å². The summed E-state index contributed by atoms with van der Waals surface area (Å²) in [7, 11) is 1.59. The van der Waals surface area contributed by atoms with Crippen LogP contribution in [0.5, 0.6) is 0 Å². The number of carbonyl (C=O) groups excluding carboxylic acids is 5. The molecule has 2 aliphatic rings. The van der Waals surface area contributed by atoms with Crippen molar-refractivity contribution in [3.8, 4) is 11.8 Å². The number of hydrogen-bond acceptors (Lipinski definition) is 8. The summed E-state index contributed by atoms with van der Waals surface area (Å²) < 4.78 is 0. The normalized spacial score (nSPS) is 27.8. The summed E-state index contributed by atoms with van der Waals surface area (Å²) in [6.07, 6.45) is 4.41. The minimum Gasteiger partial charge on any atom is -0.394 e. The summed E-state index contributed by atoms with van der Waals surface area (Å²) in [5, 5.41) is 31.0. The van der Waals surface area contributed by atoms with Crippen molar-refractivity contribution in [2.24, 2.45) is 11.8 Å². The molecular formula is C33H56N6O7. The molecule has 6 N–H and O–H groups in total.